The van der Waals surface area contributed by atoms with E-state index in [1.807, 2.05) is 0 Å². The quantitative estimate of drug-likeness (QED) is 0.863. The van der Waals surface area contributed by atoms with Crippen LogP contribution in [-0.2, 0) is 11.2 Å². The molecule has 3 unspecified atom stereocenters. The van der Waals surface area contributed by atoms with Crippen LogP contribution in [0.5, 0.6) is 0 Å². The Morgan fingerprint density at radius 3 is 2.81 bits per heavy atom. The number of fused-ring (bicyclic) bond motifs is 1. The van der Waals surface area contributed by atoms with E-state index in [4.69, 9.17) is 0 Å². The molecule has 26 heavy (non-hydrogen) atoms. The first-order valence-electron chi connectivity index (χ1n) is 10.3. The summed E-state index contributed by atoms with van der Waals surface area (Å²) in [4.78, 5) is 23.7. The summed E-state index contributed by atoms with van der Waals surface area (Å²) < 4.78 is 0. The number of amides is 1. The van der Waals surface area contributed by atoms with Gasteiger partial charge in [0.1, 0.15) is 12.1 Å². The number of hydrogen-bond acceptors (Lipinski definition) is 5. The SMILES string of the molecule is CCc1cc(N2CCC(NC(=O)C3CC4CCCCC4N3)CC2)ncn1. The standard InChI is InChI=1S/C20H31N5O/c1-2-15-12-19(22-13-21-15)25-9-7-16(8-10-25)23-20(26)18-11-14-5-3-4-6-17(14)24-18/h12-14,16-18,24H,2-11H2,1H3,(H,23,26). The van der Waals surface area contributed by atoms with Crippen LogP contribution in [0.2, 0.25) is 0 Å². The van der Waals surface area contributed by atoms with E-state index < -0.39 is 0 Å². The summed E-state index contributed by atoms with van der Waals surface area (Å²) in [5.74, 6) is 1.95. The zero-order valence-electron chi connectivity index (χ0n) is 15.8. The molecule has 2 N–H and O–H groups in total. The lowest BCUT2D eigenvalue weighted by Gasteiger charge is -2.33. The number of rotatable bonds is 4. The normalized spacial score (nSPS) is 29.4. The van der Waals surface area contributed by atoms with Crippen LogP contribution in [-0.4, -0.2) is 47.1 Å². The molecule has 4 rings (SSSR count). The van der Waals surface area contributed by atoms with Crippen molar-refractivity contribution in [2.45, 2.75) is 76.4 Å². The van der Waals surface area contributed by atoms with Crippen LogP contribution in [0.15, 0.2) is 12.4 Å². The maximum absolute atomic E-state index is 12.7. The lowest BCUT2D eigenvalue weighted by molar-refractivity contribution is -0.123. The molecule has 6 heteroatoms. The summed E-state index contributed by atoms with van der Waals surface area (Å²) in [5.41, 5.74) is 1.08. The predicted octanol–water partition coefficient (Wildman–Crippen LogP) is 2.04. The third kappa shape index (κ3) is 3.85. The van der Waals surface area contributed by atoms with E-state index in [1.165, 1.54) is 25.7 Å². The highest BCUT2D eigenvalue weighted by Crippen LogP contribution is 2.33. The molecule has 3 heterocycles. The minimum absolute atomic E-state index is 0.0232. The third-order valence-corrected chi connectivity index (χ3v) is 6.42. The van der Waals surface area contributed by atoms with Gasteiger partial charge in [-0.05, 0) is 44.4 Å². The molecule has 1 amide bonds. The summed E-state index contributed by atoms with van der Waals surface area (Å²) in [7, 11) is 0. The first-order valence-corrected chi connectivity index (χ1v) is 10.3. The Morgan fingerprint density at radius 1 is 1.23 bits per heavy atom. The second-order valence-corrected chi connectivity index (χ2v) is 8.10. The number of aryl methyl sites for hydroxylation is 1. The second-order valence-electron chi connectivity index (χ2n) is 8.10. The Bertz CT molecular complexity index is 614. The van der Waals surface area contributed by atoms with Crippen molar-refractivity contribution in [1.29, 1.82) is 0 Å². The van der Waals surface area contributed by atoms with Gasteiger partial charge in [-0.3, -0.25) is 4.79 Å². The summed E-state index contributed by atoms with van der Waals surface area (Å²) >= 11 is 0. The molecule has 0 spiro atoms. The Hall–Kier alpha value is -1.69. The number of aromatic nitrogens is 2. The van der Waals surface area contributed by atoms with Gasteiger partial charge in [0.25, 0.3) is 0 Å². The molecule has 1 aliphatic carbocycles. The lowest BCUT2D eigenvalue weighted by atomic mass is 9.85. The summed E-state index contributed by atoms with van der Waals surface area (Å²) in [6.45, 7) is 3.99. The maximum Gasteiger partial charge on any atom is 0.237 e. The van der Waals surface area contributed by atoms with Crippen molar-refractivity contribution in [2.75, 3.05) is 18.0 Å². The molecular weight excluding hydrogens is 326 g/mol. The second kappa shape index (κ2) is 7.91. The Morgan fingerprint density at radius 2 is 2.04 bits per heavy atom. The maximum atomic E-state index is 12.7. The zero-order chi connectivity index (χ0) is 17.9. The highest BCUT2D eigenvalue weighted by molar-refractivity contribution is 5.82. The van der Waals surface area contributed by atoms with Crippen molar-refractivity contribution in [3.05, 3.63) is 18.1 Å². The van der Waals surface area contributed by atoms with Crippen LogP contribution in [0.3, 0.4) is 0 Å². The fourth-order valence-electron chi connectivity index (χ4n) is 4.83. The van der Waals surface area contributed by atoms with Gasteiger partial charge < -0.3 is 15.5 Å². The number of carbonyl (C=O) groups excluding carboxylic acids is 1. The number of carbonyl (C=O) groups is 1. The van der Waals surface area contributed by atoms with Crippen LogP contribution in [0.4, 0.5) is 5.82 Å². The van der Waals surface area contributed by atoms with Gasteiger partial charge in [-0.25, -0.2) is 9.97 Å². The molecule has 1 saturated carbocycles. The predicted molar refractivity (Wildman–Crippen MR) is 102 cm³/mol. The molecule has 3 fully saturated rings. The van der Waals surface area contributed by atoms with Gasteiger partial charge in [-0.2, -0.15) is 0 Å². The van der Waals surface area contributed by atoms with Gasteiger partial charge in [-0.1, -0.05) is 19.8 Å². The van der Waals surface area contributed by atoms with E-state index in [1.54, 1.807) is 6.33 Å². The average molecular weight is 358 g/mol. The first kappa shape index (κ1) is 17.7. The van der Waals surface area contributed by atoms with Crippen molar-refractivity contribution in [1.82, 2.24) is 20.6 Å². The van der Waals surface area contributed by atoms with E-state index in [0.29, 0.717) is 12.0 Å². The Balaban J connectivity index is 1.26. The molecule has 6 nitrogen and oxygen atoms in total. The van der Waals surface area contributed by atoms with Gasteiger partial charge in [0, 0.05) is 36.9 Å². The van der Waals surface area contributed by atoms with Crippen molar-refractivity contribution < 1.29 is 4.79 Å². The highest BCUT2D eigenvalue weighted by Gasteiger charge is 2.38. The number of hydrogen-bond donors (Lipinski definition) is 2. The molecular formula is C20H31N5O. The smallest absolute Gasteiger partial charge is 0.237 e. The van der Waals surface area contributed by atoms with Crippen molar-refractivity contribution >= 4 is 11.7 Å². The van der Waals surface area contributed by atoms with Crippen molar-refractivity contribution in [3.63, 3.8) is 0 Å². The summed E-state index contributed by atoms with van der Waals surface area (Å²) in [6.07, 6.45) is 10.8. The summed E-state index contributed by atoms with van der Waals surface area (Å²) in [5, 5.41) is 6.89. The van der Waals surface area contributed by atoms with Crippen LogP contribution in [0.25, 0.3) is 0 Å². The van der Waals surface area contributed by atoms with Crippen LogP contribution in [0.1, 0.15) is 57.6 Å². The average Bonchev–Trinajstić information content (AvgIpc) is 3.13. The molecule has 0 radical (unpaired) electrons. The molecule has 3 aliphatic rings. The summed E-state index contributed by atoms with van der Waals surface area (Å²) in [6, 6.07) is 2.97. The molecule has 0 bridgehead atoms. The van der Waals surface area contributed by atoms with Gasteiger partial charge in [0.2, 0.25) is 5.91 Å². The van der Waals surface area contributed by atoms with Crippen molar-refractivity contribution in [3.8, 4) is 0 Å². The molecule has 2 saturated heterocycles. The number of anilines is 1. The number of nitrogens with one attached hydrogen (secondary N) is 2. The highest BCUT2D eigenvalue weighted by atomic mass is 16.2. The molecule has 3 atom stereocenters. The van der Waals surface area contributed by atoms with E-state index in [-0.39, 0.29) is 18.0 Å². The van der Waals surface area contributed by atoms with Crippen LogP contribution < -0.4 is 15.5 Å². The minimum Gasteiger partial charge on any atom is -0.356 e. The monoisotopic (exact) mass is 357 g/mol. The Labute approximate surface area is 156 Å². The fourth-order valence-corrected chi connectivity index (χ4v) is 4.83. The first-order chi connectivity index (χ1) is 12.7. The van der Waals surface area contributed by atoms with Gasteiger partial charge >= 0.3 is 0 Å². The minimum atomic E-state index is 0.0232. The van der Waals surface area contributed by atoms with Crippen LogP contribution in [0, 0.1) is 5.92 Å². The number of nitrogens with zero attached hydrogens (tertiary/aromatic N) is 3. The molecule has 2 aliphatic heterocycles. The van der Waals surface area contributed by atoms with Crippen molar-refractivity contribution in [2.24, 2.45) is 5.92 Å². The Kier molecular flexibility index (Phi) is 5.38. The van der Waals surface area contributed by atoms with E-state index in [0.717, 1.165) is 50.3 Å². The van der Waals surface area contributed by atoms with Gasteiger partial charge in [-0.15, -0.1) is 0 Å². The third-order valence-electron chi connectivity index (χ3n) is 6.42. The van der Waals surface area contributed by atoms with E-state index in [2.05, 4.69) is 38.5 Å². The number of piperidine rings is 1. The zero-order valence-corrected chi connectivity index (χ0v) is 15.8. The molecule has 1 aromatic heterocycles. The lowest BCUT2D eigenvalue weighted by Crippen LogP contribution is -2.50. The molecule has 1 aromatic rings. The van der Waals surface area contributed by atoms with Gasteiger partial charge in [0.15, 0.2) is 0 Å². The van der Waals surface area contributed by atoms with E-state index in [9.17, 15) is 4.79 Å². The van der Waals surface area contributed by atoms with Crippen LogP contribution >= 0.6 is 0 Å². The van der Waals surface area contributed by atoms with E-state index >= 15 is 0 Å². The molecule has 142 valence electrons. The fraction of sp³-hybridized carbons (Fsp3) is 0.750. The topological polar surface area (TPSA) is 70.2 Å². The molecule has 0 aromatic carbocycles. The van der Waals surface area contributed by atoms with Gasteiger partial charge in [0.05, 0.1) is 6.04 Å². The largest absolute Gasteiger partial charge is 0.356 e.